The predicted octanol–water partition coefficient (Wildman–Crippen LogP) is 3.43. The molecule has 1 saturated heterocycles. The summed E-state index contributed by atoms with van der Waals surface area (Å²) in [7, 11) is 0. The molecule has 0 radical (unpaired) electrons. The van der Waals surface area contributed by atoms with Crippen LogP contribution in [0.4, 0.5) is 17.6 Å². The zero-order chi connectivity index (χ0) is 15.8. The van der Waals surface area contributed by atoms with Crippen LogP contribution in [-0.4, -0.2) is 35.2 Å². The van der Waals surface area contributed by atoms with Crippen molar-refractivity contribution in [3.63, 3.8) is 0 Å². The Kier molecular flexibility index (Phi) is 4.30. The summed E-state index contributed by atoms with van der Waals surface area (Å²) in [4.78, 5) is 12.4. The number of carbonyl (C=O) groups is 1. The molecule has 1 fully saturated rings. The molecule has 0 bridgehead atoms. The normalized spacial score (nSPS) is 23.5. The van der Waals surface area contributed by atoms with Gasteiger partial charge in [-0.05, 0) is 18.6 Å². The molecule has 0 spiro atoms. The molecule has 1 aromatic carbocycles. The minimum Gasteiger partial charge on any atom is -0.481 e. The summed E-state index contributed by atoms with van der Waals surface area (Å²) < 4.78 is 53.3. The molecular weight excluding hydrogens is 358 g/mol. The van der Waals surface area contributed by atoms with Gasteiger partial charge < -0.3 is 5.11 Å². The van der Waals surface area contributed by atoms with Gasteiger partial charge >= 0.3 is 12.1 Å². The molecule has 21 heavy (non-hydrogen) atoms. The van der Waals surface area contributed by atoms with Gasteiger partial charge in [-0.3, -0.25) is 9.69 Å². The number of benzene rings is 1. The van der Waals surface area contributed by atoms with E-state index in [2.05, 4.69) is 15.9 Å². The van der Waals surface area contributed by atoms with Gasteiger partial charge in [0, 0.05) is 29.7 Å². The number of carboxylic acid groups (broad SMARTS) is 1. The van der Waals surface area contributed by atoms with Crippen molar-refractivity contribution in [2.45, 2.75) is 19.1 Å². The predicted molar refractivity (Wildman–Crippen MR) is 70.1 cm³/mol. The summed E-state index contributed by atoms with van der Waals surface area (Å²) in [6, 6.07) is 4.27. The molecule has 0 amide bonds. The Balaban J connectivity index is 2.17. The average Bonchev–Trinajstić information content (AvgIpc) is 2.77. The van der Waals surface area contributed by atoms with E-state index in [-0.39, 0.29) is 18.7 Å². The molecule has 116 valence electrons. The number of alkyl halides is 3. The van der Waals surface area contributed by atoms with Crippen molar-refractivity contribution in [1.82, 2.24) is 4.90 Å². The fraction of sp³-hybridized carbons (Fsp3) is 0.462. The second kappa shape index (κ2) is 5.57. The molecule has 1 aromatic rings. The van der Waals surface area contributed by atoms with Crippen LogP contribution in [0.25, 0.3) is 0 Å². The van der Waals surface area contributed by atoms with E-state index in [9.17, 15) is 22.4 Å². The molecule has 2 rings (SSSR count). The van der Waals surface area contributed by atoms with Gasteiger partial charge in [0.25, 0.3) is 0 Å². The molecule has 1 unspecified atom stereocenters. The van der Waals surface area contributed by atoms with E-state index in [1.807, 2.05) is 0 Å². The molecule has 1 aliphatic heterocycles. The second-order valence-corrected chi connectivity index (χ2v) is 6.00. The number of likely N-dealkylation sites (tertiary alicyclic amines) is 1. The van der Waals surface area contributed by atoms with Crippen LogP contribution < -0.4 is 0 Å². The highest BCUT2D eigenvalue weighted by Gasteiger charge is 2.63. The highest BCUT2D eigenvalue weighted by molar-refractivity contribution is 9.10. The fourth-order valence-electron chi connectivity index (χ4n) is 2.44. The first-order chi connectivity index (χ1) is 9.65. The number of rotatable bonds is 3. The van der Waals surface area contributed by atoms with Gasteiger partial charge in [-0.15, -0.1) is 0 Å². The van der Waals surface area contributed by atoms with Gasteiger partial charge in [-0.2, -0.15) is 13.2 Å². The third-order valence-corrected chi connectivity index (χ3v) is 4.20. The van der Waals surface area contributed by atoms with Crippen molar-refractivity contribution in [2.24, 2.45) is 5.41 Å². The highest BCUT2D eigenvalue weighted by atomic mass is 79.9. The SMILES string of the molecule is O=C(O)C1(C(F)(F)F)CCN(Cc2ccc(Br)cc2F)C1. The van der Waals surface area contributed by atoms with Crippen molar-refractivity contribution in [1.29, 1.82) is 0 Å². The Morgan fingerprint density at radius 1 is 1.43 bits per heavy atom. The van der Waals surface area contributed by atoms with Crippen molar-refractivity contribution < 1.29 is 27.5 Å². The zero-order valence-electron chi connectivity index (χ0n) is 10.8. The number of aliphatic carboxylic acids is 1. The van der Waals surface area contributed by atoms with Crippen LogP contribution in [0.3, 0.4) is 0 Å². The molecule has 8 heteroatoms. The number of nitrogens with zero attached hydrogens (tertiary/aromatic N) is 1. The summed E-state index contributed by atoms with van der Waals surface area (Å²) in [5.41, 5.74) is -2.53. The third kappa shape index (κ3) is 3.06. The minimum absolute atomic E-state index is 0.0404. The standard InChI is InChI=1S/C13H12BrF4NO2/c14-9-2-1-8(10(15)5-9)6-19-4-3-12(7-19,11(20)21)13(16,17)18/h1-2,5H,3-4,6-7H2,(H,20,21). The molecule has 0 aliphatic carbocycles. The second-order valence-electron chi connectivity index (χ2n) is 5.08. The van der Waals surface area contributed by atoms with Crippen LogP contribution >= 0.6 is 15.9 Å². The highest BCUT2D eigenvalue weighted by Crippen LogP contribution is 2.46. The summed E-state index contributed by atoms with van der Waals surface area (Å²) in [5.74, 6) is -2.42. The molecule has 1 aliphatic rings. The smallest absolute Gasteiger partial charge is 0.406 e. The summed E-state index contributed by atoms with van der Waals surface area (Å²) in [6.07, 6.45) is -5.35. The van der Waals surface area contributed by atoms with Crippen LogP contribution in [0.5, 0.6) is 0 Å². The summed E-state index contributed by atoms with van der Waals surface area (Å²) in [5, 5.41) is 8.95. The lowest BCUT2D eigenvalue weighted by molar-refractivity contribution is -0.227. The van der Waals surface area contributed by atoms with E-state index in [0.717, 1.165) is 0 Å². The maximum atomic E-state index is 13.7. The fourth-order valence-corrected chi connectivity index (χ4v) is 2.77. The molecular formula is C13H12BrF4NO2. The van der Waals surface area contributed by atoms with Gasteiger partial charge in [0.1, 0.15) is 5.82 Å². The molecule has 1 heterocycles. The van der Waals surface area contributed by atoms with E-state index >= 15 is 0 Å². The van der Waals surface area contributed by atoms with Crippen LogP contribution in [0, 0.1) is 11.2 Å². The monoisotopic (exact) mass is 369 g/mol. The lowest BCUT2D eigenvalue weighted by Gasteiger charge is -2.27. The zero-order valence-corrected chi connectivity index (χ0v) is 12.3. The number of carboxylic acids is 1. The maximum absolute atomic E-state index is 13.7. The lowest BCUT2D eigenvalue weighted by atomic mass is 9.86. The van der Waals surface area contributed by atoms with Gasteiger partial charge in [-0.1, -0.05) is 22.0 Å². The van der Waals surface area contributed by atoms with Gasteiger partial charge in [0.2, 0.25) is 0 Å². The molecule has 0 aromatic heterocycles. The summed E-state index contributed by atoms with van der Waals surface area (Å²) in [6.45, 7) is -0.757. The third-order valence-electron chi connectivity index (χ3n) is 3.71. The Morgan fingerprint density at radius 3 is 2.57 bits per heavy atom. The van der Waals surface area contributed by atoms with Crippen molar-refractivity contribution in [3.8, 4) is 0 Å². The molecule has 1 atom stereocenters. The van der Waals surface area contributed by atoms with Crippen molar-refractivity contribution in [3.05, 3.63) is 34.1 Å². The molecule has 1 N–H and O–H groups in total. The average molecular weight is 370 g/mol. The quantitative estimate of drug-likeness (QED) is 0.829. The van der Waals surface area contributed by atoms with Crippen LogP contribution in [0.15, 0.2) is 22.7 Å². The first-order valence-electron chi connectivity index (χ1n) is 6.12. The first kappa shape index (κ1) is 16.2. The van der Waals surface area contributed by atoms with Crippen LogP contribution in [0.1, 0.15) is 12.0 Å². The molecule has 3 nitrogen and oxygen atoms in total. The van der Waals surface area contributed by atoms with Crippen molar-refractivity contribution >= 4 is 21.9 Å². The first-order valence-corrected chi connectivity index (χ1v) is 6.91. The topological polar surface area (TPSA) is 40.5 Å². The van der Waals surface area contributed by atoms with Gasteiger partial charge in [0.15, 0.2) is 5.41 Å². The van der Waals surface area contributed by atoms with E-state index < -0.39 is 36.3 Å². The molecule has 0 saturated carbocycles. The van der Waals surface area contributed by atoms with E-state index in [1.54, 1.807) is 6.07 Å². The van der Waals surface area contributed by atoms with E-state index in [4.69, 9.17) is 5.11 Å². The lowest BCUT2D eigenvalue weighted by Crippen LogP contribution is -2.47. The number of hydrogen-bond acceptors (Lipinski definition) is 2. The summed E-state index contributed by atoms with van der Waals surface area (Å²) >= 11 is 3.09. The largest absolute Gasteiger partial charge is 0.481 e. The Morgan fingerprint density at radius 2 is 2.10 bits per heavy atom. The van der Waals surface area contributed by atoms with Crippen LogP contribution in [0.2, 0.25) is 0 Å². The Bertz CT molecular complexity index is 564. The van der Waals surface area contributed by atoms with Crippen LogP contribution in [-0.2, 0) is 11.3 Å². The Hall–Kier alpha value is -1.15. The van der Waals surface area contributed by atoms with E-state index in [1.165, 1.54) is 17.0 Å². The van der Waals surface area contributed by atoms with Crippen molar-refractivity contribution in [2.75, 3.05) is 13.1 Å². The van der Waals surface area contributed by atoms with E-state index in [0.29, 0.717) is 4.47 Å². The number of hydrogen-bond donors (Lipinski definition) is 1. The Labute approximate surface area is 126 Å². The maximum Gasteiger partial charge on any atom is 0.406 e. The van der Waals surface area contributed by atoms with Gasteiger partial charge in [0.05, 0.1) is 0 Å². The van der Waals surface area contributed by atoms with Gasteiger partial charge in [-0.25, -0.2) is 4.39 Å². The minimum atomic E-state index is -4.83. The number of halogens is 5.